The quantitative estimate of drug-likeness (QED) is 0.696. The molecule has 1 fully saturated rings. The van der Waals surface area contributed by atoms with Crippen LogP contribution in [0, 0.1) is 19.8 Å². The van der Waals surface area contributed by atoms with Crippen LogP contribution in [0.3, 0.4) is 0 Å². The summed E-state index contributed by atoms with van der Waals surface area (Å²) in [6.07, 6.45) is 2.50. The first kappa shape index (κ1) is 21.3. The molecule has 0 saturated carbocycles. The van der Waals surface area contributed by atoms with Crippen molar-refractivity contribution in [1.29, 1.82) is 0 Å². The highest BCUT2D eigenvalue weighted by molar-refractivity contribution is 5.93. The van der Waals surface area contributed by atoms with E-state index in [1.54, 1.807) is 0 Å². The van der Waals surface area contributed by atoms with Gasteiger partial charge in [0.05, 0.1) is 19.0 Å². The predicted molar refractivity (Wildman–Crippen MR) is 118 cm³/mol. The Kier molecular flexibility index (Phi) is 6.86. The van der Waals surface area contributed by atoms with Crippen molar-refractivity contribution in [3.8, 4) is 0 Å². The number of ketones is 1. The Balaban J connectivity index is 1.83. The van der Waals surface area contributed by atoms with Crippen LogP contribution in [-0.2, 0) is 16.1 Å². The average molecular weight is 394 g/mol. The molecule has 2 aromatic rings. The molecule has 0 spiro atoms. The number of anilines is 1. The zero-order valence-electron chi connectivity index (χ0n) is 17.9. The van der Waals surface area contributed by atoms with E-state index in [1.807, 2.05) is 57.2 Å². The Morgan fingerprint density at radius 2 is 1.72 bits per heavy atom. The van der Waals surface area contributed by atoms with Crippen LogP contribution in [0.2, 0.25) is 0 Å². The van der Waals surface area contributed by atoms with Gasteiger partial charge in [-0.2, -0.15) is 0 Å². The van der Waals surface area contributed by atoms with Crippen LogP contribution >= 0.6 is 0 Å². The Morgan fingerprint density at radius 3 is 2.38 bits per heavy atom. The van der Waals surface area contributed by atoms with E-state index in [1.165, 1.54) is 5.56 Å². The van der Waals surface area contributed by atoms with Crippen molar-refractivity contribution in [2.24, 2.45) is 5.92 Å². The Bertz CT molecular complexity index is 842. The maximum atomic E-state index is 13.1. The fourth-order valence-corrected chi connectivity index (χ4v) is 4.68. The lowest BCUT2D eigenvalue weighted by molar-refractivity contribution is -0.940. The van der Waals surface area contributed by atoms with E-state index in [2.05, 4.69) is 17.4 Å². The first-order valence-electron chi connectivity index (χ1n) is 10.7. The van der Waals surface area contributed by atoms with Crippen molar-refractivity contribution in [2.45, 2.75) is 46.6 Å². The summed E-state index contributed by atoms with van der Waals surface area (Å²) in [6.45, 7) is 8.85. The van der Waals surface area contributed by atoms with Gasteiger partial charge < -0.3 is 9.80 Å². The third-order valence-corrected chi connectivity index (χ3v) is 6.18. The van der Waals surface area contributed by atoms with Gasteiger partial charge in [-0.1, -0.05) is 55.5 Å². The maximum absolute atomic E-state index is 13.1. The highest BCUT2D eigenvalue weighted by Gasteiger charge is 2.39. The van der Waals surface area contributed by atoms with E-state index in [0.717, 1.165) is 49.3 Å². The van der Waals surface area contributed by atoms with Crippen molar-refractivity contribution in [2.75, 3.05) is 25.0 Å². The van der Waals surface area contributed by atoms with Gasteiger partial charge in [0.1, 0.15) is 12.3 Å². The number of likely N-dealkylation sites (tertiary alicyclic amines) is 1. The maximum Gasteiger partial charge on any atom is 0.279 e. The number of hydrogen-bond donors (Lipinski definition) is 1. The minimum atomic E-state index is 0.0305. The second-order valence-corrected chi connectivity index (χ2v) is 8.52. The van der Waals surface area contributed by atoms with E-state index >= 15 is 0 Å². The number of nitrogens with one attached hydrogen (secondary N) is 1. The summed E-state index contributed by atoms with van der Waals surface area (Å²) < 4.78 is 0.650. The van der Waals surface area contributed by atoms with Gasteiger partial charge in [-0.05, 0) is 37.8 Å². The zero-order valence-corrected chi connectivity index (χ0v) is 17.9. The van der Waals surface area contributed by atoms with Crippen molar-refractivity contribution >= 4 is 17.4 Å². The molecule has 1 N–H and O–H groups in total. The van der Waals surface area contributed by atoms with E-state index in [4.69, 9.17) is 0 Å². The SMILES string of the molecule is CCC(=O)C1CCC[N+](CC(=O)Nc2c(C)cccc2C)(Cc2ccccc2)C1. The summed E-state index contributed by atoms with van der Waals surface area (Å²) in [5.41, 5.74) is 4.28. The number of benzene rings is 2. The number of nitrogens with zero attached hydrogens (tertiary/aromatic N) is 1. The number of Topliss-reactive ketones (excluding diaryl/α,β-unsaturated/α-hetero) is 1. The third-order valence-electron chi connectivity index (χ3n) is 6.18. The lowest BCUT2D eigenvalue weighted by Crippen LogP contribution is -2.57. The monoisotopic (exact) mass is 393 g/mol. The fourth-order valence-electron chi connectivity index (χ4n) is 4.68. The first-order chi connectivity index (χ1) is 13.9. The number of rotatable bonds is 7. The standard InChI is InChI=1S/C25H32N2O2/c1-4-23(28)22-14-9-15-27(17-22,16-21-12-6-5-7-13-21)18-24(29)26-25-19(2)10-8-11-20(25)3/h5-8,10-13,22H,4,9,14-18H2,1-3H3/p+1. The lowest BCUT2D eigenvalue weighted by atomic mass is 9.90. The number of aryl methyl sites for hydroxylation is 2. The van der Waals surface area contributed by atoms with Crippen LogP contribution in [0.5, 0.6) is 0 Å². The Morgan fingerprint density at radius 1 is 1.03 bits per heavy atom. The molecule has 0 bridgehead atoms. The van der Waals surface area contributed by atoms with E-state index < -0.39 is 0 Å². The van der Waals surface area contributed by atoms with Gasteiger partial charge in [-0.25, -0.2) is 0 Å². The zero-order chi connectivity index (χ0) is 20.9. The molecular formula is C25H33N2O2+. The number of amides is 1. The molecule has 1 saturated heterocycles. The molecule has 0 radical (unpaired) electrons. The summed E-state index contributed by atoms with van der Waals surface area (Å²) in [5.74, 6) is 0.420. The number of hydrogen-bond acceptors (Lipinski definition) is 2. The van der Waals surface area contributed by atoms with Gasteiger partial charge in [0.25, 0.3) is 5.91 Å². The molecule has 3 rings (SSSR count). The van der Waals surface area contributed by atoms with E-state index in [9.17, 15) is 9.59 Å². The van der Waals surface area contributed by atoms with Crippen molar-refractivity contribution < 1.29 is 14.1 Å². The molecule has 29 heavy (non-hydrogen) atoms. The van der Waals surface area contributed by atoms with Gasteiger partial charge in [-0.15, -0.1) is 0 Å². The van der Waals surface area contributed by atoms with Gasteiger partial charge in [0.15, 0.2) is 6.54 Å². The topological polar surface area (TPSA) is 46.2 Å². The van der Waals surface area contributed by atoms with Crippen LogP contribution in [0.15, 0.2) is 48.5 Å². The highest BCUT2D eigenvalue weighted by atomic mass is 16.2. The minimum absolute atomic E-state index is 0.0305. The van der Waals surface area contributed by atoms with Crippen molar-refractivity contribution in [3.63, 3.8) is 0 Å². The van der Waals surface area contributed by atoms with Crippen LogP contribution in [-0.4, -0.2) is 35.8 Å². The van der Waals surface area contributed by atoms with E-state index in [-0.39, 0.29) is 11.8 Å². The number of carbonyl (C=O) groups excluding carboxylic acids is 2. The van der Waals surface area contributed by atoms with Gasteiger partial charge >= 0.3 is 0 Å². The fraction of sp³-hybridized carbons (Fsp3) is 0.440. The second-order valence-electron chi connectivity index (χ2n) is 8.52. The van der Waals surface area contributed by atoms with E-state index in [0.29, 0.717) is 23.2 Å². The molecule has 4 heteroatoms. The highest BCUT2D eigenvalue weighted by Crippen LogP contribution is 2.28. The number of quaternary nitrogens is 1. The average Bonchev–Trinajstić information content (AvgIpc) is 2.71. The molecular weight excluding hydrogens is 360 g/mol. The smallest absolute Gasteiger partial charge is 0.279 e. The summed E-state index contributed by atoms with van der Waals surface area (Å²) in [6, 6.07) is 16.4. The normalized spacial score (nSPS) is 21.6. The van der Waals surface area contributed by atoms with Crippen LogP contribution in [0.4, 0.5) is 5.69 Å². The second kappa shape index (κ2) is 9.36. The molecule has 4 nitrogen and oxygen atoms in total. The molecule has 0 aromatic heterocycles. The van der Waals surface area contributed by atoms with Crippen molar-refractivity contribution in [3.05, 3.63) is 65.2 Å². The molecule has 1 aliphatic rings. The van der Waals surface area contributed by atoms with Crippen LogP contribution in [0.25, 0.3) is 0 Å². The van der Waals surface area contributed by atoms with Crippen LogP contribution in [0.1, 0.15) is 42.9 Å². The first-order valence-corrected chi connectivity index (χ1v) is 10.7. The number of piperidine rings is 1. The summed E-state index contributed by atoms with van der Waals surface area (Å²) in [4.78, 5) is 25.6. The largest absolute Gasteiger partial charge is 0.321 e. The molecule has 0 aliphatic carbocycles. The Hall–Kier alpha value is -2.46. The lowest BCUT2D eigenvalue weighted by Gasteiger charge is -2.43. The van der Waals surface area contributed by atoms with Crippen LogP contribution < -0.4 is 5.32 Å². The third kappa shape index (κ3) is 5.33. The molecule has 1 aliphatic heterocycles. The summed E-state index contributed by atoms with van der Waals surface area (Å²) in [7, 11) is 0. The summed E-state index contributed by atoms with van der Waals surface area (Å²) >= 11 is 0. The number of carbonyl (C=O) groups is 2. The molecule has 2 unspecified atom stereocenters. The van der Waals surface area contributed by atoms with Crippen molar-refractivity contribution in [1.82, 2.24) is 0 Å². The Labute approximate surface area is 174 Å². The molecule has 1 amide bonds. The predicted octanol–water partition coefficient (Wildman–Crippen LogP) is 4.65. The molecule has 2 aromatic carbocycles. The van der Waals surface area contributed by atoms with Gasteiger partial charge in [0, 0.05) is 17.7 Å². The number of para-hydroxylation sites is 1. The van der Waals surface area contributed by atoms with Gasteiger partial charge in [-0.3, -0.25) is 9.59 Å². The minimum Gasteiger partial charge on any atom is -0.321 e. The summed E-state index contributed by atoms with van der Waals surface area (Å²) in [5, 5.41) is 3.15. The molecule has 154 valence electrons. The molecule has 2 atom stereocenters. The molecule has 1 heterocycles. The van der Waals surface area contributed by atoms with Gasteiger partial charge in [0.2, 0.25) is 0 Å².